The van der Waals surface area contributed by atoms with Crippen LogP contribution in [-0.2, 0) is 24.2 Å². The van der Waals surface area contributed by atoms with E-state index in [4.69, 9.17) is 4.74 Å². The van der Waals surface area contributed by atoms with Crippen LogP contribution in [0.4, 0.5) is 0 Å². The Balaban J connectivity index is 1.44. The van der Waals surface area contributed by atoms with E-state index in [1.807, 2.05) is 35.4 Å². The summed E-state index contributed by atoms with van der Waals surface area (Å²) in [5.74, 6) is 1.07. The Morgan fingerprint density at radius 2 is 2.04 bits per heavy atom. The van der Waals surface area contributed by atoms with Gasteiger partial charge in [-0.3, -0.25) is 4.79 Å². The molecular weight excluding hydrogens is 312 g/mol. The molecule has 4 heteroatoms. The number of rotatable bonds is 4. The number of aromatic nitrogens is 1. The van der Waals surface area contributed by atoms with E-state index >= 15 is 0 Å². The first kappa shape index (κ1) is 15.8. The highest BCUT2D eigenvalue weighted by Gasteiger charge is 2.20. The average Bonchev–Trinajstić information content (AvgIpc) is 3.07. The van der Waals surface area contributed by atoms with Crippen molar-refractivity contribution in [3.63, 3.8) is 0 Å². The molecule has 4 rings (SSSR count). The van der Waals surface area contributed by atoms with Crippen molar-refractivity contribution >= 4 is 16.8 Å². The molecule has 0 radical (unpaired) electrons. The van der Waals surface area contributed by atoms with E-state index < -0.39 is 0 Å². The second-order valence-corrected chi connectivity index (χ2v) is 6.56. The van der Waals surface area contributed by atoms with Crippen molar-refractivity contribution in [2.24, 2.45) is 0 Å². The third-order valence-electron chi connectivity index (χ3n) is 5.07. The number of ether oxygens (including phenoxy) is 1. The first-order valence-corrected chi connectivity index (χ1v) is 8.73. The molecular formula is C21H22N2O2. The van der Waals surface area contributed by atoms with Crippen molar-refractivity contribution in [1.82, 2.24) is 9.88 Å². The summed E-state index contributed by atoms with van der Waals surface area (Å²) in [6.45, 7) is 1.55. The summed E-state index contributed by atoms with van der Waals surface area (Å²) in [5.41, 5.74) is 4.89. The van der Waals surface area contributed by atoms with Crippen LogP contribution in [0.15, 0.2) is 48.7 Å². The maximum Gasteiger partial charge on any atom is 0.223 e. The molecule has 0 saturated carbocycles. The molecule has 2 aromatic carbocycles. The Kier molecular flexibility index (Phi) is 4.18. The molecule has 1 aliphatic rings. The summed E-state index contributed by atoms with van der Waals surface area (Å²) in [6, 6.07) is 14.4. The second-order valence-electron chi connectivity index (χ2n) is 6.56. The number of H-pyrrole nitrogens is 1. The summed E-state index contributed by atoms with van der Waals surface area (Å²) >= 11 is 0. The monoisotopic (exact) mass is 334 g/mol. The lowest BCUT2D eigenvalue weighted by Gasteiger charge is -2.29. The number of fused-ring (bicyclic) bond motifs is 2. The number of amides is 1. The molecule has 0 aliphatic carbocycles. The minimum absolute atomic E-state index is 0.228. The Hall–Kier alpha value is -2.75. The van der Waals surface area contributed by atoms with E-state index in [2.05, 4.69) is 23.2 Å². The number of nitrogens with zero attached hydrogens (tertiary/aromatic N) is 1. The molecule has 2 heterocycles. The number of carbonyl (C=O) groups excluding carboxylic acids is 1. The predicted octanol–water partition coefficient (Wildman–Crippen LogP) is 3.69. The van der Waals surface area contributed by atoms with Crippen LogP contribution in [0.25, 0.3) is 10.9 Å². The van der Waals surface area contributed by atoms with Crippen LogP contribution in [0.2, 0.25) is 0 Å². The van der Waals surface area contributed by atoms with Gasteiger partial charge in [-0.25, -0.2) is 0 Å². The first-order chi connectivity index (χ1) is 12.2. The number of benzene rings is 2. The fourth-order valence-corrected chi connectivity index (χ4v) is 3.60. The molecule has 0 saturated heterocycles. The van der Waals surface area contributed by atoms with Gasteiger partial charge in [-0.05, 0) is 47.7 Å². The molecule has 0 fully saturated rings. The van der Waals surface area contributed by atoms with Gasteiger partial charge in [0.05, 0.1) is 7.11 Å². The Morgan fingerprint density at radius 1 is 1.20 bits per heavy atom. The van der Waals surface area contributed by atoms with Crippen LogP contribution >= 0.6 is 0 Å². The Bertz CT molecular complexity index is 913. The highest BCUT2D eigenvalue weighted by atomic mass is 16.5. The van der Waals surface area contributed by atoms with E-state index in [-0.39, 0.29) is 5.91 Å². The summed E-state index contributed by atoms with van der Waals surface area (Å²) < 4.78 is 5.31. The van der Waals surface area contributed by atoms with E-state index in [9.17, 15) is 4.79 Å². The van der Waals surface area contributed by atoms with E-state index in [0.717, 1.165) is 42.6 Å². The van der Waals surface area contributed by atoms with Gasteiger partial charge in [0.2, 0.25) is 5.91 Å². The average molecular weight is 334 g/mol. The van der Waals surface area contributed by atoms with Crippen molar-refractivity contribution in [1.29, 1.82) is 0 Å². The Labute approximate surface area is 147 Å². The summed E-state index contributed by atoms with van der Waals surface area (Å²) in [4.78, 5) is 17.9. The molecule has 1 aliphatic heterocycles. The fourth-order valence-electron chi connectivity index (χ4n) is 3.60. The summed E-state index contributed by atoms with van der Waals surface area (Å²) in [6.07, 6.45) is 4.23. The lowest BCUT2D eigenvalue weighted by atomic mass is 9.99. The molecule has 0 spiro atoms. The Morgan fingerprint density at radius 3 is 2.88 bits per heavy atom. The lowest BCUT2D eigenvalue weighted by molar-refractivity contribution is -0.132. The van der Waals surface area contributed by atoms with Crippen LogP contribution in [0.1, 0.15) is 23.1 Å². The van der Waals surface area contributed by atoms with E-state index in [1.54, 1.807) is 7.11 Å². The maximum absolute atomic E-state index is 12.7. The largest absolute Gasteiger partial charge is 0.497 e. The van der Waals surface area contributed by atoms with Gasteiger partial charge >= 0.3 is 0 Å². The minimum atomic E-state index is 0.228. The van der Waals surface area contributed by atoms with Crippen LogP contribution in [0.3, 0.4) is 0 Å². The van der Waals surface area contributed by atoms with Crippen molar-refractivity contribution in [3.8, 4) is 5.75 Å². The number of methoxy groups -OCH3 is 1. The zero-order valence-corrected chi connectivity index (χ0v) is 14.4. The van der Waals surface area contributed by atoms with Gasteiger partial charge in [0.25, 0.3) is 0 Å². The zero-order valence-electron chi connectivity index (χ0n) is 14.4. The normalized spacial score (nSPS) is 13.7. The van der Waals surface area contributed by atoms with Gasteiger partial charge in [0, 0.05) is 36.6 Å². The molecule has 1 N–H and O–H groups in total. The van der Waals surface area contributed by atoms with Crippen LogP contribution in [0.5, 0.6) is 5.75 Å². The molecule has 128 valence electrons. The zero-order chi connectivity index (χ0) is 17.2. The smallest absolute Gasteiger partial charge is 0.223 e. The third kappa shape index (κ3) is 3.12. The van der Waals surface area contributed by atoms with Gasteiger partial charge in [0.1, 0.15) is 5.75 Å². The van der Waals surface area contributed by atoms with Gasteiger partial charge in [-0.1, -0.05) is 24.3 Å². The number of nitrogens with one attached hydrogen (secondary N) is 1. The van der Waals surface area contributed by atoms with Crippen molar-refractivity contribution in [3.05, 3.63) is 65.4 Å². The van der Waals surface area contributed by atoms with Gasteiger partial charge in [-0.2, -0.15) is 0 Å². The van der Waals surface area contributed by atoms with Crippen LogP contribution in [-0.4, -0.2) is 29.4 Å². The highest BCUT2D eigenvalue weighted by Crippen LogP contribution is 2.25. The summed E-state index contributed by atoms with van der Waals surface area (Å²) in [5, 5.41) is 1.14. The molecule has 4 nitrogen and oxygen atoms in total. The fraction of sp³-hybridized carbons (Fsp3) is 0.286. The van der Waals surface area contributed by atoms with Crippen LogP contribution in [0, 0.1) is 0 Å². The molecule has 0 atom stereocenters. The second kappa shape index (κ2) is 6.63. The SMILES string of the molecule is COc1ccc2[nH]cc(CCC(=O)N3CCc4ccccc4C3)c2c1. The van der Waals surface area contributed by atoms with E-state index in [0.29, 0.717) is 6.42 Å². The number of aryl methyl sites for hydroxylation is 1. The molecule has 1 amide bonds. The quantitative estimate of drug-likeness (QED) is 0.791. The molecule has 1 aromatic heterocycles. The number of carbonyl (C=O) groups is 1. The van der Waals surface area contributed by atoms with E-state index in [1.165, 1.54) is 16.7 Å². The minimum Gasteiger partial charge on any atom is -0.497 e. The standard InChI is InChI=1S/C21H22N2O2/c1-25-18-7-8-20-19(12-18)16(13-22-20)6-9-21(24)23-11-10-15-4-2-3-5-17(15)14-23/h2-5,7-8,12-13,22H,6,9-11,14H2,1H3. The molecule has 3 aromatic rings. The van der Waals surface area contributed by atoms with Crippen molar-refractivity contribution < 1.29 is 9.53 Å². The summed E-state index contributed by atoms with van der Waals surface area (Å²) in [7, 11) is 1.67. The molecule has 0 bridgehead atoms. The molecule has 25 heavy (non-hydrogen) atoms. The lowest BCUT2D eigenvalue weighted by Crippen LogP contribution is -2.36. The van der Waals surface area contributed by atoms with Crippen molar-refractivity contribution in [2.45, 2.75) is 25.8 Å². The maximum atomic E-state index is 12.7. The number of hydrogen-bond acceptors (Lipinski definition) is 2. The van der Waals surface area contributed by atoms with Gasteiger partial charge in [-0.15, -0.1) is 0 Å². The molecule has 0 unspecified atom stereocenters. The third-order valence-corrected chi connectivity index (χ3v) is 5.07. The van der Waals surface area contributed by atoms with Crippen LogP contribution < -0.4 is 4.74 Å². The topological polar surface area (TPSA) is 45.3 Å². The predicted molar refractivity (Wildman–Crippen MR) is 98.7 cm³/mol. The van der Waals surface area contributed by atoms with Crippen molar-refractivity contribution in [2.75, 3.05) is 13.7 Å². The number of hydrogen-bond donors (Lipinski definition) is 1. The number of aromatic amines is 1. The highest BCUT2D eigenvalue weighted by molar-refractivity contribution is 5.85. The van der Waals surface area contributed by atoms with Gasteiger partial charge < -0.3 is 14.6 Å². The first-order valence-electron chi connectivity index (χ1n) is 8.73. The van der Waals surface area contributed by atoms with Gasteiger partial charge in [0.15, 0.2) is 0 Å².